The predicted molar refractivity (Wildman–Crippen MR) is 162 cm³/mol. The summed E-state index contributed by atoms with van der Waals surface area (Å²) >= 11 is 5.69. The zero-order valence-corrected chi connectivity index (χ0v) is 24.6. The number of hydrogen-bond donors (Lipinski definition) is 2. The summed E-state index contributed by atoms with van der Waals surface area (Å²) in [5.41, 5.74) is 7.71. The molecule has 188 valence electrons. The molecule has 0 saturated carbocycles. The first-order valence-electron chi connectivity index (χ1n) is 12.7. The molecule has 4 aromatic carbocycles. The van der Waals surface area contributed by atoms with E-state index < -0.39 is 0 Å². The van der Waals surface area contributed by atoms with E-state index in [4.69, 9.17) is 0 Å². The van der Waals surface area contributed by atoms with Crippen LogP contribution in [0.1, 0.15) is 52.7 Å². The highest BCUT2D eigenvalue weighted by Gasteiger charge is 2.28. The Morgan fingerprint density at radius 2 is 0.838 bits per heavy atom. The topological polar surface area (TPSA) is 24.1 Å². The summed E-state index contributed by atoms with van der Waals surface area (Å²) in [6, 6.07) is 26.5. The third-order valence-electron chi connectivity index (χ3n) is 6.77. The van der Waals surface area contributed by atoms with Gasteiger partial charge in [-0.2, -0.15) is 0 Å². The van der Waals surface area contributed by atoms with E-state index in [0.29, 0.717) is 0 Å². The van der Waals surface area contributed by atoms with Crippen LogP contribution in [0, 0.1) is 0 Å². The van der Waals surface area contributed by atoms with Crippen LogP contribution >= 0.6 is 35.3 Å². The maximum Gasteiger partial charge on any atom is 0.0537 e. The van der Waals surface area contributed by atoms with E-state index in [9.17, 15) is 0 Å². The first kappa shape index (κ1) is 24.8. The van der Waals surface area contributed by atoms with E-state index in [1.165, 1.54) is 63.2 Å². The molecule has 6 rings (SSSR count). The van der Waals surface area contributed by atoms with Crippen LogP contribution in [0.3, 0.4) is 0 Å². The molecule has 0 spiro atoms. The minimum atomic E-state index is 0.0819. The molecule has 0 saturated heterocycles. The SMILES string of the molecule is CC(C)(C)c1cccc2c1Sc1c(cccc1Sc1cccc3c1Sc1c(cccc1C(C)(C)C)N3)N2. The fourth-order valence-electron chi connectivity index (χ4n) is 4.88. The third kappa shape index (κ3) is 4.56. The van der Waals surface area contributed by atoms with Gasteiger partial charge in [-0.25, -0.2) is 0 Å². The van der Waals surface area contributed by atoms with Gasteiger partial charge in [0.15, 0.2) is 0 Å². The molecular formula is C32H32N2S3. The first-order valence-corrected chi connectivity index (χ1v) is 15.2. The largest absolute Gasteiger partial charge is 0.354 e. The molecule has 4 aromatic rings. The van der Waals surface area contributed by atoms with Crippen molar-refractivity contribution < 1.29 is 0 Å². The lowest BCUT2D eigenvalue weighted by molar-refractivity contribution is 0.578. The zero-order chi connectivity index (χ0) is 25.9. The summed E-state index contributed by atoms with van der Waals surface area (Å²) in [5, 5.41) is 7.45. The van der Waals surface area contributed by atoms with Crippen molar-refractivity contribution in [3.05, 3.63) is 83.9 Å². The Hall–Kier alpha value is -2.47. The van der Waals surface area contributed by atoms with Gasteiger partial charge < -0.3 is 10.6 Å². The van der Waals surface area contributed by atoms with E-state index >= 15 is 0 Å². The van der Waals surface area contributed by atoms with Crippen molar-refractivity contribution in [1.29, 1.82) is 0 Å². The number of nitrogens with one attached hydrogen (secondary N) is 2. The number of benzene rings is 4. The Kier molecular flexibility index (Phi) is 6.09. The summed E-state index contributed by atoms with van der Waals surface area (Å²) in [4.78, 5) is 7.86. The molecular weight excluding hydrogens is 509 g/mol. The van der Waals surface area contributed by atoms with Gasteiger partial charge in [-0.1, -0.05) is 113 Å². The predicted octanol–water partition coefficient (Wildman–Crippen LogP) is 10.8. The Labute approximate surface area is 233 Å². The second kappa shape index (κ2) is 9.07. The first-order chi connectivity index (χ1) is 17.6. The molecule has 37 heavy (non-hydrogen) atoms. The van der Waals surface area contributed by atoms with E-state index in [1.807, 2.05) is 35.3 Å². The smallest absolute Gasteiger partial charge is 0.0537 e. The van der Waals surface area contributed by atoms with Gasteiger partial charge in [0.25, 0.3) is 0 Å². The highest BCUT2D eigenvalue weighted by molar-refractivity contribution is 8.04. The van der Waals surface area contributed by atoms with Crippen molar-refractivity contribution in [2.75, 3.05) is 10.6 Å². The van der Waals surface area contributed by atoms with Crippen LogP contribution in [0.5, 0.6) is 0 Å². The standard InChI is InChI=1S/C32H32N2S3/c1-31(2,3)19-11-7-13-21-27(19)36-29-23(33-21)15-9-17-25(29)35-26-18-10-16-24-30(26)37-28-20(32(4,5)6)12-8-14-22(28)34-24/h7-18,33-34H,1-6H3. The number of anilines is 4. The van der Waals surface area contributed by atoms with Gasteiger partial charge in [0.1, 0.15) is 0 Å². The maximum atomic E-state index is 3.73. The monoisotopic (exact) mass is 540 g/mol. The Morgan fingerprint density at radius 1 is 0.486 bits per heavy atom. The molecule has 0 amide bonds. The summed E-state index contributed by atoms with van der Waals surface area (Å²) in [7, 11) is 0. The summed E-state index contributed by atoms with van der Waals surface area (Å²) in [6.45, 7) is 13.8. The molecule has 0 radical (unpaired) electrons. The molecule has 0 aliphatic carbocycles. The van der Waals surface area contributed by atoms with Crippen molar-refractivity contribution in [3.8, 4) is 0 Å². The van der Waals surface area contributed by atoms with Crippen molar-refractivity contribution in [2.45, 2.75) is 81.7 Å². The van der Waals surface area contributed by atoms with Gasteiger partial charge in [0, 0.05) is 29.4 Å². The lowest BCUT2D eigenvalue weighted by atomic mass is 9.86. The van der Waals surface area contributed by atoms with Crippen molar-refractivity contribution >= 4 is 58.0 Å². The van der Waals surface area contributed by atoms with Gasteiger partial charge in [-0.15, -0.1) is 0 Å². The van der Waals surface area contributed by atoms with E-state index in [-0.39, 0.29) is 10.8 Å². The lowest BCUT2D eigenvalue weighted by Crippen LogP contribution is -2.15. The van der Waals surface area contributed by atoms with E-state index in [0.717, 1.165) is 0 Å². The van der Waals surface area contributed by atoms with E-state index in [1.54, 1.807) is 0 Å². The maximum absolute atomic E-state index is 3.73. The number of fused-ring (bicyclic) bond motifs is 4. The highest BCUT2D eigenvalue weighted by Crippen LogP contribution is 2.55. The molecule has 2 heterocycles. The van der Waals surface area contributed by atoms with Crippen molar-refractivity contribution in [2.24, 2.45) is 0 Å². The van der Waals surface area contributed by atoms with Crippen molar-refractivity contribution in [1.82, 2.24) is 0 Å². The van der Waals surface area contributed by atoms with Crippen LogP contribution in [-0.2, 0) is 10.8 Å². The second-order valence-corrected chi connectivity index (χ2v) is 14.8. The number of rotatable bonds is 2. The Bertz CT molecular complexity index is 1410. The average molecular weight is 541 g/mol. The third-order valence-corrected chi connectivity index (χ3v) is 10.7. The summed E-state index contributed by atoms with van der Waals surface area (Å²) in [6.07, 6.45) is 0. The van der Waals surface area contributed by atoms with Gasteiger partial charge in [0.05, 0.1) is 22.7 Å². The number of hydrogen-bond acceptors (Lipinski definition) is 5. The lowest BCUT2D eigenvalue weighted by Gasteiger charge is -2.30. The molecule has 0 atom stereocenters. The van der Waals surface area contributed by atoms with Gasteiger partial charge >= 0.3 is 0 Å². The van der Waals surface area contributed by atoms with Crippen LogP contribution in [0.25, 0.3) is 0 Å². The molecule has 2 aliphatic rings. The van der Waals surface area contributed by atoms with Crippen LogP contribution in [0.4, 0.5) is 22.7 Å². The molecule has 2 N–H and O–H groups in total. The van der Waals surface area contributed by atoms with Gasteiger partial charge in [-0.05, 0) is 58.4 Å². The average Bonchev–Trinajstić information content (AvgIpc) is 2.85. The van der Waals surface area contributed by atoms with Crippen LogP contribution in [-0.4, -0.2) is 0 Å². The zero-order valence-electron chi connectivity index (χ0n) is 22.2. The molecule has 0 unspecified atom stereocenters. The molecule has 0 bridgehead atoms. The summed E-state index contributed by atoms with van der Waals surface area (Å²) < 4.78 is 0. The quantitative estimate of drug-likeness (QED) is 0.227. The van der Waals surface area contributed by atoms with Crippen LogP contribution in [0.15, 0.2) is 102 Å². The van der Waals surface area contributed by atoms with Gasteiger partial charge in [-0.3, -0.25) is 0 Å². The molecule has 2 aliphatic heterocycles. The molecule has 0 fully saturated rings. The van der Waals surface area contributed by atoms with Crippen LogP contribution in [0.2, 0.25) is 0 Å². The minimum Gasteiger partial charge on any atom is -0.354 e. The molecule has 0 aromatic heterocycles. The van der Waals surface area contributed by atoms with Crippen LogP contribution < -0.4 is 10.6 Å². The minimum absolute atomic E-state index is 0.0819. The van der Waals surface area contributed by atoms with E-state index in [2.05, 4.69) is 125 Å². The summed E-state index contributed by atoms with van der Waals surface area (Å²) in [5.74, 6) is 0. The Morgan fingerprint density at radius 3 is 1.22 bits per heavy atom. The Balaban J connectivity index is 1.39. The van der Waals surface area contributed by atoms with Gasteiger partial charge in [0.2, 0.25) is 0 Å². The fourth-order valence-corrected chi connectivity index (χ4v) is 8.95. The normalized spacial score (nSPS) is 14.0. The highest BCUT2D eigenvalue weighted by atomic mass is 32.2. The molecule has 5 heteroatoms. The van der Waals surface area contributed by atoms with Crippen molar-refractivity contribution in [3.63, 3.8) is 0 Å². The second-order valence-electron chi connectivity index (χ2n) is 11.7. The fraction of sp³-hybridized carbons (Fsp3) is 0.250. The molecule has 2 nitrogen and oxygen atoms in total.